The van der Waals surface area contributed by atoms with Gasteiger partial charge in [-0.3, -0.25) is 24.1 Å². The van der Waals surface area contributed by atoms with Crippen LogP contribution >= 0.6 is 23.5 Å². The van der Waals surface area contributed by atoms with Crippen LogP contribution in [0.3, 0.4) is 0 Å². The predicted octanol–water partition coefficient (Wildman–Crippen LogP) is 1.37. The molecule has 1 saturated heterocycles. The summed E-state index contributed by atoms with van der Waals surface area (Å²) in [7, 11) is 0. The van der Waals surface area contributed by atoms with Crippen LogP contribution in [0.2, 0.25) is 0 Å². The summed E-state index contributed by atoms with van der Waals surface area (Å²) < 4.78 is 0. The molecule has 1 aliphatic carbocycles. The van der Waals surface area contributed by atoms with E-state index >= 15 is 0 Å². The molecule has 9 heteroatoms. The van der Waals surface area contributed by atoms with Gasteiger partial charge in [0.25, 0.3) is 5.24 Å². The summed E-state index contributed by atoms with van der Waals surface area (Å²) in [5, 5.41) is 5.61. The zero-order chi connectivity index (χ0) is 18.1. The van der Waals surface area contributed by atoms with E-state index in [0.717, 1.165) is 24.6 Å². The largest absolute Gasteiger partial charge is 0.355 e. The Balaban J connectivity index is 1.45. The van der Waals surface area contributed by atoms with Crippen molar-refractivity contribution in [3.8, 4) is 0 Å². The molecule has 2 fully saturated rings. The van der Waals surface area contributed by atoms with Crippen molar-refractivity contribution in [2.45, 2.75) is 44.6 Å². The third kappa shape index (κ3) is 7.27. The lowest BCUT2D eigenvalue weighted by Gasteiger charge is -2.12. The molecule has 4 amide bonds. The van der Waals surface area contributed by atoms with Crippen molar-refractivity contribution >= 4 is 46.5 Å². The van der Waals surface area contributed by atoms with Crippen LogP contribution in [0.1, 0.15) is 38.5 Å². The molecule has 2 aliphatic rings. The molecule has 1 saturated carbocycles. The first-order valence-electron chi connectivity index (χ1n) is 8.67. The Bertz CT molecular complexity index is 494. The maximum absolute atomic E-state index is 11.7. The number of nitrogens with zero attached hydrogens (tertiary/aromatic N) is 1. The number of thioether (sulfide) groups is 2. The Morgan fingerprint density at radius 2 is 1.84 bits per heavy atom. The molecule has 0 aromatic rings. The Labute approximate surface area is 156 Å². The molecule has 0 aromatic carbocycles. The number of imide groups is 1. The first-order chi connectivity index (χ1) is 12.1. The Morgan fingerprint density at radius 1 is 1.12 bits per heavy atom. The fourth-order valence-corrected chi connectivity index (χ4v) is 4.26. The molecular weight excluding hydrogens is 362 g/mol. The SMILES string of the molecule is O=C(CSCC(=O)NC1CCCC1)NCCCCN1C(=O)CSC1=O. The average molecular weight is 388 g/mol. The number of amides is 4. The van der Waals surface area contributed by atoms with Gasteiger partial charge in [0.15, 0.2) is 0 Å². The molecule has 0 bridgehead atoms. The van der Waals surface area contributed by atoms with Crippen LogP contribution in [0.15, 0.2) is 0 Å². The van der Waals surface area contributed by atoms with Gasteiger partial charge in [0, 0.05) is 19.1 Å². The first-order valence-corrected chi connectivity index (χ1v) is 10.8. The third-order valence-corrected chi connectivity index (χ3v) is 5.95. The van der Waals surface area contributed by atoms with Crippen LogP contribution in [0, 0.1) is 0 Å². The summed E-state index contributed by atoms with van der Waals surface area (Å²) in [6.45, 7) is 0.924. The van der Waals surface area contributed by atoms with Gasteiger partial charge in [0.2, 0.25) is 17.7 Å². The summed E-state index contributed by atoms with van der Waals surface area (Å²) in [4.78, 5) is 47.5. The molecule has 1 heterocycles. The van der Waals surface area contributed by atoms with E-state index in [9.17, 15) is 19.2 Å². The number of rotatable bonds is 10. The van der Waals surface area contributed by atoms with Crippen molar-refractivity contribution in [3.63, 3.8) is 0 Å². The number of carbonyl (C=O) groups excluding carboxylic acids is 4. The van der Waals surface area contributed by atoms with E-state index in [-0.39, 0.29) is 34.5 Å². The van der Waals surface area contributed by atoms with Crippen LogP contribution in [0.5, 0.6) is 0 Å². The maximum atomic E-state index is 11.7. The van der Waals surface area contributed by atoms with Crippen molar-refractivity contribution in [2.75, 3.05) is 30.3 Å². The van der Waals surface area contributed by atoms with Gasteiger partial charge in [-0.15, -0.1) is 11.8 Å². The van der Waals surface area contributed by atoms with E-state index in [1.54, 1.807) is 0 Å². The van der Waals surface area contributed by atoms with Gasteiger partial charge in [0.1, 0.15) is 0 Å². The highest BCUT2D eigenvalue weighted by Crippen LogP contribution is 2.19. The van der Waals surface area contributed by atoms with Crippen molar-refractivity contribution in [1.29, 1.82) is 0 Å². The van der Waals surface area contributed by atoms with Crippen LogP contribution in [-0.4, -0.2) is 64.3 Å². The Kier molecular flexibility index (Phi) is 8.60. The molecule has 1 aliphatic heterocycles. The number of nitrogens with one attached hydrogen (secondary N) is 2. The smallest absolute Gasteiger partial charge is 0.288 e. The van der Waals surface area contributed by atoms with Crippen LogP contribution in [0.4, 0.5) is 4.79 Å². The van der Waals surface area contributed by atoms with E-state index in [4.69, 9.17) is 0 Å². The van der Waals surface area contributed by atoms with E-state index in [2.05, 4.69) is 10.6 Å². The summed E-state index contributed by atoms with van der Waals surface area (Å²) in [6, 6.07) is 0.315. The summed E-state index contributed by atoms with van der Waals surface area (Å²) in [5.74, 6) is 0.580. The van der Waals surface area contributed by atoms with Gasteiger partial charge < -0.3 is 10.6 Å². The quantitative estimate of drug-likeness (QED) is 0.550. The lowest BCUT2D eigenvalue weighted by atomic mass is 10.2. The van der Waals surface area contributed by atoms with Gasteiger partial charge in [-0.05, 0) is 25.7 Å². The average Bonchev–Trinajstić information content (AvgIpc) is 3.18. The number of carbonyl (C=O) groups is 4. The molecule has 0 radical (unpaired) electrons. The standard InChI is InChI=1S/C16H25N3O4S2/c20-13(9-24-10-14(21)18-12-5-1-2-6-12)17-7-3-4-8-19-15(22)11-25-16(19)23/h12H,1-11H2,(H,17,20)(H,18,21). The number of unbranched alkanes of at least 4 members (excludes halogenated alkanes) is 1. The number of hydrogen-bond acceptors (Lipinski definition) is 6. The van der Waals surface area contributed by atoms with Crippen molar-refractivity contribution in [3.05, 3.63) is 0 Å². The van der Waals surface area contributed by atoms with Crippen molar-refractivity contribution in [1.82, 2.24) is 15.5 Å². The summed E-state index contributed by atoms with van der Waals surface area (Å²) in [6.07, 6.45) is 5.86. The maximum Gasteiger partial charge on any atom is 0.288 e. The second-order valence-electron chi connectivity index (χ2n) is 6.20. The van der Waals surface area contributed by atoms with E-state index in [1.807, 2.05) is 0 Å². The van der Waals surface area contributed by atoms with Gasteiger partial charge in [-0.25, -0.2) is 0 Å². The minimum Gasteiger partial charge on any atom is -0.355 e. The minimum absolute atomic E-state index is 0.00233. The third-order valence-electron chi connectivity index (χ3n) is 4.16. The first kappa shape index (κ1) is 20.1. The summed E-state index contributed by atoms with van der Waals surface area (Å²) in [5.41, 5.74) is 0. The Hall–Kier alpha value is -1.22. The minimum atomic E-state index is -0.179. The van der Waals surface area contributed by atoms with E-state index in [1.165, 1.54) is 29.5 Å². The molecule has 0 spiro atoms. The van der Waals surface area contributed by atoms with Gasteiger partial charge in [-0.1, -0.05) is 24.6 Å². The lowest BCUT2D eigenvalue weighted by Crippen LogP contribution is -2.34. The van der Waals surface area contributed by atoms with Gasteiger partial charge in [0.05, 0.1) is 17.3 Å². The molecule has 0 aromatic heterocycles. The zero-order valence-corrected chi connectivity index (χ0v) is 15.9. The molecule has 7 nitrogen and oxygen atoms in total. The molecule has 25 heavy (non-hydrogen) atoms. The highest BCUT2D eigenvalue weighted by Gasteiger charge is 2.28. The Morgan fingerprint density at radius 3 is 2.52 bits per heavy atom. The zero-order valence-electron chi connectivity index (χ0n) is 14.3. The van der Waals surface area contributed by atoms with Gasteiger partial charge >= 0.3 is 0 Å². The van der Waals surface area contributed by atoms with Crippen LogP contribution in [-0.2, 0) is 14.4 Å². The molecular formula is C16H25N3O4S2. The summed E-state index contributed by atoms with van der Waals surface area (Å²) >= 11 is 2.35. The fraction of sp³-hybridized carbons (Fsp3) is 0.750. The number of hydrogen-bond donors (Lipinski definition) is 2. The van der Waals surface area contributed by atoms with Crippen LogP contribution in [0.25, 0.3) is 0 Å². The highest BCUT2D eigenvalue weighted by molar-refractivity contribution is 8.14. The van der Waals surface area contributed by atoms with E-state index < -0.39 is 0 Å². The molecule has 140 valence electrons. The van der Waals surface area contributed by atoms with Crippen molar-refractivity contribution in [2.24, 2.45) is 0 Å². The van der Waals surface area contributed by atoms with Crippen LogP contribution < -0.4 is 10.6 Å². The second-order valence-corrected chi connectivity index (χ2v) is 8.11. The molecule has 2 rings (SSSR count). The molecule has 0 unspecified atom stereocenters. The second kappa shape index (κ2) is 10.7. The van der Waals surface area contributed by atoms with Gasteiger partial charge in [-0.2, -0.15) is 0 Å². The highest BCUT2D eigenvalue weighted by atomic mass is 32.2. The molecule has 0 atom stereocenters. The fourth-order valence-electron chi connectivity index (χ4n) is 2.85. The normalized spacial score (nSPS) is 18.0. The molecule has 2 N–H and O–H groups in total. The van der Waals surface area contributed by atoms with E-state index in [0.29, 0.717) is 37.7 Å². The topological polar surface area (TPSA) is 95.6 Å². The lowest BCUT2D eigenvalue weighted by molar-refractivity contribution is -0.124. The monoisotopic (exact) mass is 387 g/mol. The van der Waals surface area contributed by atoms with Crippen molar-refractivity contribution < 1.29 is 19.2 Å². The predicted molar refractivity (Wildman–Crippen MR) is 99.5 cm³/mol.